The molecule has 0 amide bonds. The third kappa shape index (κ3) is 2.84. The van der Waals surface area contributed by atoms with Gasteiger partial charge in [-0.2, -0.15) is 10.4 Å². The van der Waals surface area contributed by atoms with E-state index in [1.165, 1.54) is 12.1 Å². The summed E-state index contributed by atoms with van der Waals surface area (Å²) in [4.78, 5) is 13.9. The second kappa shape index (κ2) is 5.14. The van der Waals surface area contributed by atoms with E-state index in [1.54, 1.807) is 24.0 Å². The standard InChI is InChI=1S/C11H10N6O2/c1-16-7-8(6-14-16)5-13-11-3-2-10(17(18)19)9(4-12)15-11/h2-3,6-7H,5H2,1H3,(H,13,15). The van der Waals surface area contributed by atoms with E-state index in [-0.39, 0.29) is 11.4 Å². The van der Waals surface area contributed by atoms with Crippen LogP contribution in [0.2, 0.25) is 0 Å². The Kier molecular flexibility index (Phi) is 3.38. The maximum absolute atomic E-state index is 10.7. The van der Waals surface area contributed by atoms with Gasteiger partial charge in [-0.15, -0.1) is 0 Å². The zero-order valence-electron chi connectivity index (χ0n) is 10.1. The van der Waals surface area contributed by atoms with Crippen molar-refractivity contribution in [3.63, 3.8) is 0 Å². The normalized spacial score (nSPS) is 9.89. The molecule has 0 aliphatic rings. The number of aromatic nitrogens is 3. The third-order valence-corrected chi connectivity index (χ3v) is 2.41. The van der Waals surface area contributed by atoms with Crippen LogP contribution < -0.4 is 5.32 Å². The predicted octanol–water partition coefficient (Wildman–Crippen LogP) is 1.21. The lowest BCUT2D eigenvalue weighted by molar-refractivity contribution is -0.385. The monoisotopic (exact) mass is 258 g/mol. The molecule has 8 heteroatoms. The average molecular weight is 258 g/mol. The van der Waals surface area contributed by atoms with Gasteiger partial charge in [0.2, 0.25) is 5.69 Å². The molecule has 0 spiro atoms. The molecule has 19 heavy (non-hydrogen) atoms. The van der Waals surface area contributed by atoms with Crippen LogP contribution in [0.1, 0.15) is 11.3 Å². The number of nitro groups is 1. The van der Waals surface area contributed by atoms with Crippen LogP contribution in [0, 0.1) is 21.4 Å². The van der Waals surface area contributed by atoms with Gasteiger partial charge in [0.25, 0.3) is 0 Å². The van der Waals surface area contributed by atoms with E-state index in [0.717, 1.165) is 5.56 Å². The van der Waals surface area contributed by atoms with Crippen LogP contribution in [0.15, 0.2) is 24.5 Å². The van der Waals surface area contributed by atoms with Crippen molar-refractivity contribution in [1.29, 1.82) is 5.26 Å². The highest BCUT2D eigenvalue weighted by atomic mass is 16.6. The van der Waals surface area contributed by atoms with E-state index >= 15 is 0 Å². The van der Waals surface area contributed by atoms with Gasteiger partial charge >= 0.3 is 5.69 Å². The molecular weight excluding hydrogens is 248 g/mol. The quantitative estimate of drug-likeness (QED) is 0.651. The summed E-state index contributed by atoms with van der Waals surface area (Å²) in [7, 11) is 1.81. The minimum atomic E-state index is -0.629. The first-order chi connectivity index (χ1) is 9.10. The molecule has 2 aromatic heterocycles. The van der Waals surface area contributed by atoms with E-state index in [9.17, 15) is 10.1 Å². The molecule has 2 rings (SSSR count). The lowest BCUT2D eigenvalue weighted by Crippen LogP contribution is -2.03. The summed E-state index contributed by atoms with van der Waals surface area (Å²) >= 11 is 0. The van der Waals surface area contributed by atoms with Crippen molar-refractivity contribution < 1.29 is 4.92 Å². The van der Waals surface area contributed by atoms with Gasteiger partial charge in [0, 0.05) is 31.4 Å². The Morgan fingerprint density at radius 1 is 1.58 bits per heavy atom. The molecule has 0 radical (unpaired) electrons. The van der Waals surface area contributed by atoms with Crippen LogP contribution in [0.3, 0.4) is 0 Å². The van der Waals surface area contributed by atoms with Gasteiger partial charge in [-0.05, 0) is 6.07 Å². The lowest BCUT2D eigenvalue weighted by atomic mass is 10.3. The van der Waals surface area contributed by atoms with Gasteiger partial charge < -0.3 is 5.32 Å². The molecule has 2 aromatic rings. The number of nitriles is 1. The molecule has 8 nitrogen and oxygen atoms in total. The van der Waals surface area contributed by atoms with Crippen LogP contribution in [0.25, 0.3) is 0 Å². The Morgan fingerprint density at radius 2 is 2.37 bits per heavy atom. The first-order valence-electron chi connectivity index (χ1n) is 5.37. The number of anilines is 1. The highest BCUT2D eigenvalue weighted by Gasteiger charge is 2.15. The largest absolute Gasteiger partial charge is 0.366 e. The third-order valence-electron chi connectivity index (χ3n) is 2.41. The van der Waals surface area contributed by atoms with Crippen molar-refractivity contribution in [3.8, 4) is 6.07 Å². The summed E-state index contributed by atoms with van der Waals surface area (Å²) in [6.07, 6.45) is 3.53. The molecule has 0 unspecified atom stereocenters. The van der Waals surface area contributed by atoms with E-state index in [1.807, 2.05) is 6.20 Å². The number of nitrogens with one attached hydrogen (secondary N) is 1. The number of hydrogen-bond acceptors (Lipinski definition) is 6. The molecule has 0 aliphatic carbocycles. The Hall–Kier alpha value is -2.95. The van der Waals surface area contributed by atoms with Crippen molar-refractivity contribution >= 4 is 11.5 Å². The molecule has 1 N–H and O–H groups in total. The number of pyridine rings is 1. The van der Waals surface area contributed by atoms with Gasteiger partial charge in [-0.25, -0.2) is 4.98 Å². The number of aryl methyl sites for hydroxylation is 1. The van der Waals surface area contributed by atoms with Gasteiger partial charge in [0.15, 0.2) is 0 Å². The first kappa shape index (κ1) is 12.5. The Labute approximate surface area is 108 Å². The van der Waals surface area contributed by atoms with E-state index in [2.05, 4.69) is 15.4 Å². The fourth-order valence-corrected chi connectivity index (χ4v) is 1.54. The zero-order chi connectivity index (χ0) is 13.8. The van der Waals surface area contributed by atoms with Gasteiger partial charge in [0.1, 0.15) is 11.9 Å². The summed E-state index contributed by atoms with van der Waals surface area (Å²) in [5.74, 6) is 0.408. The lowest BCUT2D eigenvalue weighted by Gasteiger charge is -2.03. The molecule has 0 atom stereocenters. The Morgan fingerprint density at radius 3 is 2.95 bits per heavy atom. The SMILES string of the molecule is Cn1cc(CNc2ccc([N+](=O)[O-])c(C#N)n2)cn1. The van der Waals surface area contributed by atoms with Crippen LogP contribution >= 0.6 is 0 Å². The van der Waals surface area contributed by atoms with Gasteiger partial charge in [-0.1, -0.05) is 0 Å². The van der Waals surface area contributed by atoms with Crippen LogP contribution in [-0.4, -0.2) is 19.7 Å². The van der Waals surface area contributed by atoms with Crippen LogP contribution in [0.4, 0.5) is 11.5 Å². The van der Waals surface area contributed by atoms with Crippen molar-refractivity contribution in [3.05, 3.63) is 45.9 Å². The molecule has 0 aromatic carbocycles. The number of rotatable bonds is 4. The maximum Gasteiger partial charge on any atom is 0.305 e. The molecule has 0 saturated carbocycles. The number of nitrogens with zero attached hydrogens (tertiary/aromatic N) is 5. The minimum Gasteiger partial charge on any atom is -0.366 e. The second-order valence-electron chi connectivity index (χ2n) is 3.81. The maximum atomic E-state index is 10.7. The highest BCUT2D eigenvalue weighted by Crippen LogP contribution is 2.18. The Balaban J connectivity index is 2.14. The molecule has 2 heterocycles. The molecule has 0 fully saturated rings. The second-order valence-corrected chi connectivity index (χ2v) is 3.81. The molecule has 0 aliphatic heterocycles. The summed E-state index contributed by atoms with van der Waals surface area (Å²) in [6, 6.07) is 4.44. The van der Waals surface area contributed by atoms with Crippen LogP contribution in [0.5, 0.6) is 0 Å². The van der Waals surface area contributed by atoms with E-state index in [0.29, 0.717) is 12.4 Å². The van der Waals surface area contributed by atoms with Gasteiger partial charge in [-0.3, -0.25) is 14.8 Å². The minimum absolute atomic E-state index is 0.207. The van der Waals surface area contributed by atoms with Crippen molar-refractivity contribution in [1.82, 2.24) is 14.8 Å². The average Bonchev–Trinajstić information content (AvgIpc) is 2.81. The van der Waals surface area contributed by atoms with E-state index in [4.69, 9.17) is 5.26 Å². The van der Waals surface area contributed by atoms with Gasteiger partial charge in [0.05, 0.1) is 11.1 Å². The summed E-state index contributed by atoms with van der Waals surface area (Å²) in [5, 5.41) is 26.5. The Bertz CT molecular complexity index is 657. The predicted molar refractivity (Wildman–Crippen MR) is 66.1 cm³/mol. The molecule has 0 saturated heterocycles. The summed E-state index contributed by atoms with van der Waals surface area (Å²) in [6.45, 7) is 0.476. The molecular formula is C11H10N6O2. The van der Waals surface area contributed by atoms with Crippen molar-refractivity contribution in [2.45, 2.75) is 6.54 Å². The van der Waals surface area contributed by atoms with Crippen molar-refractivity contribution in [2.75, 3.05) is 5.32 Å². The zero-order valence-corrected chi connectivity index (χ0v) is 10.1. The molecule has 0 bridgehead atoms. The van der Waals surface area contributed by atoms with Crippen LogP contribution in [-0.2, 0) is 13.6 Å². The summed E-state index contributed by atoms with van der Waals surface area (Å²) < 4.78 is 1.67. The summed E-state index contributed by atoms with van der Waals surface area (Å²) in [5.41, 5.74) is 0.441. The first-order valence-corrected chi connectivity index (χ1v) is 5.37. The fraction of sp³-hybridized carbons (Fsp3) is 0.182. The molecule has 96 valence electrons. The fourth-order valence-electron chi connectivity index (χ4n) is 1.54. The highest BCUT2D eigenvalue weighted by molar-refractivity contribution is 5.50. The van der Waals surface area contributed by atoms with E-state index < -0.39 is 4.92 Å². The topological polar surface area (TPSA) is 110 Å². The van der Waals surface area contributed by atoms with Crippen molar-refractivity contribution in [2.24, 2.45) is 7.05 Å². The number of hydrogen-bond donors (Lipinski definition) is 1. The smallest absolute Gasteiger partial charge is 0.305 e.